The maximum absolute atomic E-state index is 12.7. The average molecular weight is 455 g/mol. The van der Waals surface area contributed by atoms with Crippen LogP contribution < -0.4 is 10.6 Å². The summed E-state index contributed by atoms with van der Waals surface area (Å²) in [5.74, 6) is -0.751. The quantitative estimate of drug-likeness (QED) is 0.299. The van der Waals surface area contributed by atoms with Crippen LogP contribution in [0.15, 0.2) is 90.6 Å². The van der Waals surface area contributed by atoms with Crippen molar-refractivity contribution in [3.63, 3.8) is 0 Å². The molecule has 6 nitrogen and oxygen atoms in total. The molecular weight excluding hydrogens is 436 g/mol. The number of nitrogens with zero attached hydrogens (tertiary/aromatic N) is 2. The summed E-state index contributed by atoms with van der Waals surface area (Å²) in [6.45, 7) is 0.0803. The smallest absolute Gasteiger partial charge is 0.266 e. The third-order valence-corrected chi connectivity index (χ3v) is 5.31. The molecule has 0 saturated carbocycles. The van der Waals surface area contributed by atoms with E-state index in [1.165, 1.54) is 6.08 Å². The Bertz CT molecular complexity index is 1400. The van der Waals surface area contributed by atoms with Crippen LogP contribution in [0.2, 0.25) is 5.02 Å². The number of anilines is 2. The van der Waals surface area contributed by atoms with E-state index < -0.39 is 5.91 Å². The molecule has 7 heteroatoms. The van der Waals surface area contributed by atoms with Crippen LogP contribution in [0.1, 0.15) is 5.56 Å². The van der Waals surface area contributed by atoms with Crippen LogP contribution in [0.5, 0.6) is 0 Å². The fraction of sp³-hybridized carbons (Fsp3) is 0.0385. The van der Waals surface area contributed by atoms with Crippen molar-refractivity contribution in [2.45, 2.75) is 6.54 Å². The minimum Gasteiger partial charge on any atom is -0.337 e. The Kier molecular flexibility index (Phi) is 6.53. The Morgan fingerprint density at radius 2 is 1.64 bits per heavy atom. The predicted octanol–water partition coefficient (Wildman–Crippen LogP) is 5.48. The zero-order valence-electron chi connectivity index (χ0n) is 17.5. The zero-order chi connectivity index (χ0) is 23.2. The van der Waals surface area contributed by atoms with Crippen molar-refractivity contribution < 1.29 is 9.59 Å². The molecule has 0 bridgehead atoms. The van der Waals surface area contributed by atoms with E-state index in [1.807, 2.05) is 60.7 Å². The second-order valence-electron chi connectivity index (χ2n) is 7.25. The minimum absolute atomic E-state index is 0.0773. The van der Waals surface area contributed by atoms with Crippen molar-refractivity contribution in [3.05, 3.63) is 101 Å². The van der Waals surface area contributed by atoms with E-state index in [1.54, 1.807) is 35.0 Å². The van der Waals surface area contributed by atoms with Crippen molar-refractivity contribution in [1.29, 1.82) is 5.26 Å². The molecule has 2 N–H and O–H groups in total. The first-order chi connectivity index (χ1) is 16.0. The van der Waals surface area contributed by atoms with Crippen LogP contribution in [-0.2, 0) is 16.1 Å². The van der Waals surface area contributed by atoms with Gasteiger partial charge in [0, 0.05) is 28.4 Å². The number of nitriles is 1. The maximum atomic E-state index is 12.7. The standard InChI is InChI=1S/C26H19ClN4O2/c27-22-11-5-6-12-23(22)30-26(33)18(15-28)14-19-16-31(24-13-7-4-10-21(19)24)17-25(32)29-20-8-2-1-3-9-20/h1-14,16H,17H2,(H,29,32)(H,30,33)/b18-14+. The average Bonchev–Trinajstić information content (AvgIpc) is 3.16. The lowest BCUT2D eigenvalue weighted by molar-refractivity contribution is -0.116. The van der Waals surface area contributed by atoms with Gasteiger partial charge >= 0.3 is 0 Å². The summed E-state index contributed by atoms with van der Waals surface area (Å²) in [6.07, 6.45) is 3.27. The highest BCUT2D eigenvalue weighted by molar-refractivity contribution is 6.34. The summed E-state index contributed by atoms with van der Waals surface area (Å²) in [5.41, 5.74) is 2.53. The van der Waals surface area contributed by atoms with E-state index in [-0.39, 0.29) is 18.0 Å². The molecule has 0 saturated heterocycles. The van der Waals surface area contributed by atoms with Crippen LogP contribution in [0, 0.1) is 11.3 Å². The SMILES string of the molecule is N#C/C(=C\c1cn(CC(=O)Nc2ccccc2)c2ccccc12)C(=O)Nc1ccccc1Cl. The monoisotopic (exact) mass is 454 g/mol. The number of amides is 2. The lowest BCUT2D eigenvalue weighted by atomic mass is 10.1. The third-order valence-electron chi connectivity index (χ3n) is 4.98. The lowest BCUT2D eigenvalue weighted by Crippen LogP contribution is -2.18. The summed E-state index contributed by atoms with van der Waals surface area (Å²) in [7, 11) is 0. The molecule has 0 aliphatic heterocycles. The van der Waals surface area contributed by atoms with Gasteiger partial charge in [-0.3, -0.25) is 9.59 Å². The van der Waals surface area contributed by atoms with E-state index >= 15 is 0 Å². The van der Waals surface area contributed by atoms with E-state index in [2.05, 4.69) is 10.6 Å². The van der Waals surface area contributed by atoms with Crippen LogP contribution in [0.4, 0.5) is 11.4 Å². The van der Waals surface area contributed by atoms with Crippen molar-refractivity contribution in [1.82, 2.24) is 4.57 Å². The highest BCUT2D eigenvalue weighted by Gasteiger charge is 2.15. The van der Waals surface area contributed by atoms with Gasteiger partial charge in [0.25, 0.3) is 5.91 Å². The second kappa shape index (κ2) is 9.86. The molecular formula is C26H19ClN4O2. The summed E-state index contributed by atoms with van der Waals surface area (Å²) in [6, 6.07) is 25.5. The van der Waals surface area contributed by atoms with Crippen LogP contribution in [-0.4, -0.2) is 16.4 Å². The fourth-order valence-corrected chi connectivity index (χ4v) is 3.64. The van der Waals surface area contributed by atoms with Crippen LogP contribution in [0.25, 0.3) is 17.0 Å². The Morgan fingerprint density at radius 1 is 0.939 bits per heavy atom. The second-order valence-corrected chi connectivity index (χ2v) is 7.65. The first kappa shape index (κ1) is 21.9. The lowest BCUT2D eigenvalue weighted by Gasteiger charge is -2.07. The van der Waals surface area contributed by atoms with Gasteiger partial charge in [-0.25, -0.2) is 0 Å². The number of benzene rings is 3. The van der Waals surface area contributed by atoms with Crippen molar-refractivity contribution in [3.8, 4) is 6.07 Å². The molecule has 0 atom stereocenters. The Hall–Kier alpha value is -4.34. The number of carbonyl (C=O) groups excluding carboxylic acids is 2. The van der Waals surface area contributed by atoms with E-state index in [9.17, 15) is 14.9 Å². The summed E-state index contributed by atoms with van der Waals surface area (Å²) in [4.78, 5) is 25.3. The Balaban J connectivity index is 1.61. The summed E-state index contributed by atoms with van der Waals surface area (Å²) < 4.78 is 1.79. The highest BCUT2D eigenvalue weighted by Crippen LogP contribution is 2.25. The number of hydrogen-bond donors (Lipinski definition) is 2. The molecule has 0 radical (unpaired) electrons. The molecule has 0 aliphatic rings. The molecule has 3 aromatic carbocycles. The zero-order valence-corrected chi connectivity index (χ0v) is 18.2. The normalized spacial score (nSPS) is 11.1. The predicted molar refractivity (Wildman–Crippen MR) is 131 cm³/mol. The van der Waals surface area contributed by atoms with Gasteiger partial charge in [0.05, 0.1) is 10.7 Å². The topological polar surface area (TPSA) is 86.9 Å². The number of carbonyl (C=O) groups is 2. The van der Waals surface area contributed by atoms with Crippen molar-refractivity contribution >= 4 is 51.8 Å². The number of halogens is 1. The van der Waals surface area contributed by atoms with Crippen molar-refractivity contribution in [2.75, 3.05) is 10.6 Å². The first-order valence-electron chi connectivity index (χ1n) is 10.2. The maximum Gasteiger partial charge on any atom is 0.266 e. The summed E-state index contributed by atoms with van der Waals surface area (Å²) >= 11 is 6.11. The van der Waals surface area contributed by atoms with Gasteiger partial charge in [0.15, 0.2) is 0 Å². The molecule has 162 valence electrons. The largest absolute Gasteiger partial charge is 0.337 e. The van der Waals surface area contributed by atoms with Gasteiger partial charge in [0.1, 0.15) is 18.2 Å². The van der Waals surface area contributed by atoms with Gasteiger partial charge in [-0.15, -0.1) is 0 Å². The molecule has 4 aromatic rings. The molecule has 1 heterocycles. The van der Waals surface area contributed by atoms with Gasteiger partial charge in [-0.05, 0) is 36.4 Å². The minimum atomic E-state index is -0.566. The van der Waals surface area contributed by atoms with E-state index in [4.69, 9.17) is 11.6 Å². The number of aromatic nitrogens is 1. The van der Waals surface area contributed by atoms with Gasteiger partial charge in [-0.1, -0.05) is 60.1 Å². The van der Waals surface area contributed by atoms with Crippen LogP contribution in [0.3, 0.4) is 0 Å². The summed E-state index contributed by atoms with van der Waals surface area (Å²) in [5, 5.41) is 16.3. The molecule has 33 heavy (non-hydrogen) atoms. The molecule has 4 rings (SSSR count). The molecule has 1 aromatic heterocycles. The molecule has 0 unspecified atom stereocenters. The molecule has 0 fully saturated rings. The van der Waals surface area contributed by atoms with Gasteiger partial charge in [-0.2, -0.15) is 5.26 Å². The van der Waals surface area contributed by atoms with Crippen LogP contribution >= 0.6 is 11.6 Å². The Morgan fingerprint density at radius 3 is 2.39 bits per heavy atom. The van der Waals surface area contributed by atoms with Gasteiger partial charge < -0.3 is 15.2 Å². The number of hydrogen-bond acceptors (Lipinski definition) is 3. The molecule has 0 spiro atoms. The van der Waals surface area contributed by atoms with E-state index in [0.717, 1.165) is 10.9 Å². The first-order valence-corrected chi connectivity index (χ1v) is 10.5. The molecule has 2 amide bonds. The number of rotatable bonds is 6. The van der Waals surface area contributed by atoms with Crippen molar-refractivity contribution in [2.24, 2.45) is 0 Å². The fourth-order valence-electron chi connectivity index (χ4n) is 3.45. The van der Waals surface area contributed by atoms with Gasteiger partial charge in [0.2, 0.25) is 5.91 Å². The third kappa shape index (κ3) is 5.12. The Labute approximate surface area is 195 Å². The van der Waals surface area contributed by atoms with E-state index in [0.29, 0.717) is 22.0 Å². The number of nitrogens with one attached hydrogen (secondary N) is 2. The number of fused-ring (bicyclic) bond motifs is 1. The number of para-hydroxylation sites is 3. The highest BCUT2D eigenvalue weighted by atomic mass is 35.5. The molecule has 0 aliphatic carbocycles.